The molecule has 2 aromatic carbocycles. The van der Waals surface area contributed by atoms with E-state index in [1.54, 1.807) is 17.3 Å². The Morgan fingerprint density at radius 1 is 1.10 bits per heavy atom. The summed E-state index contributed by atoms with van der Waals surface area (Å²) in [6.45, 7) is 0. The molecule has 1 aliphatic rings. The molecule has 1 aliphatic carbocycles. The van der Waals surface area contributed by atoms with Gasteiger partial charge in [0.1, 0.15) is 0 Å². The van der Waals surface area contributed by atoms with Crippen LogP contribution in [-0.4, -0.2) is 4.98 Å². The first-order valence-electron chi connectivity index (χ1n) is 7.20. The van der Waals surface area contributed by atoms with Crippen LogP contribution in [-0.2, 0) is 6.42 Å². The van der Waals surface area contributed by atoms with Crippen LogP contribution in [0, 0.1) is 5.92 Å². The summed E-state index contributed by atoms with van der Waals surface area (Å²) in [6, 6.07) is 14.8. The van der Waals surface area contributed by atoms with Gasteiger partial charge in [0.2, 0.25) is 0 Å². The highest BCUT2D eigenvalue weighted by Crippen LogP contribution is 2.45. The van der Waals surface area contributed by atoms with Crippen molar-refractivity contribution in [2.24, 2.45) is 0 Å². The molecule has 1 fully saturated rings. The van der Waals surface area contributed by atoms with Gasteiger partial charge < -0.3 is 0 Å². The SMILES string of the molecule is Clc1ccc(C2C[C](Cc3cccc4ncsc34)C2)cc1. The third-order valence-electron chi connectivity index (χ3n) is 4.29. The molecule has 1 radical (unpaired) electrons. The number of fused-ring (bicyclic) bond motifs is 1. The number of thiazole rings is 1. The molecule has 3 heteroatoms. The van der Waals surface area contributed by atoms with E-state index in [1.807, 2.05) is 17.6 Å². The summed E-state index contributed by atoms with van der Waals surface area (Å²) in [7, 11) is 0. The monoisotopic (exact) mass is 312 g/mol. The zero-order valence-corrected chi connectivity index (χ0v) is 13.1. The van der Waals surface area contributed by atoms with Crippen molar-refractivity contribution >= 4 is 33.2 Å². The summed E-state index contributed by atoms with van der Waals surface area (Å²) in [4.78, 5) is 4.40. The van der Waals surface area contributed by atoms with Crippen LogP contribution in [0.3, 0.4) is 0 Å². The highest BCUT2D eigenvalue weighted by molar-refractivity contribution is 7.16. The maximum atomic E-state index is 5.95. The van der Waals surface area contributed by atoms with Crippen LogP contribution in [0.15, 0.2) is 48.0 Å². The molecular weight excluding hydrogens is 298 g/mol. The lowest BCUT2D eigenvalue weighted by Gasteiger charge is -2.35. The van der Waals surface area contributed by atoms with Crippen LogP contribution >= 0.6 is 22.9 Å². The van der Waals surface area contributed by atoms with E-state index in [1.165, 1.54) is 28.7 Å². The highest BCUT2D eigenvalue weighted by Gasteiger charge is 2.31. The van der Waals surface area contributed by atoms with Gasteiger partial charge in [0, 0.05) is 5.02 Å². The molecule has 0 spiro atoms. The predicted molar refractivity (Wildman–Crippen MR) is 90.0 cm³/mol. The Hall–Kier alpha value is -1.38. The summed E-state index contributed by atoms with van der Waals surface area (Å²) >= 11 is 7.70. The van der Waals surface area contributed by atoms with Crippen molar-refractivity contribution in [2.75, 3.05) is 0 Å². The van der Waals surface area contributed by atoms with E-state index in [0.29, 0.717) is 5.92 Å². The van der Waals surface area contributed by atoms with Gasteiger partial charge in [-0.15, -0.1) is 11.3 Å². The first-order valence-corrected chi connectivity index (χ1v) is 8.45. The second kappa shape index (κ2) is 5.43. The van der Waals surface area contributed by atoms with Gasteiger partial charge in [0.25, 0.3) is 0 Å². The fraction of sp³-hybridized carbons (Fsp3) is 0.222. The van der Waals surface area contributed by atoms with Gasteiger partial charge in [0.15, 0.2) is 0 Å². The summed E-state index contributed by atoms with van der Waals surface area (Å²) in [5, 5.41) is 0.819. The maximum Gasteiger partial charge on any atom is 0.0814 e. The minimum atomic E-state index is 0.679. The van der Waals surface area contributed by atoms with Gasteiger partial charge in [-0.2, -0.15) is 0 Å². The third-order valence-corrected chi connectivity index (χ3v) is 5.46. The van der Waals surface area contributed by atoms with E-state index in [4.69, 9.17) is 11.6 Å². The second-order valence-corrected chi connectivity index (χ2v) is 6.99. The number of rotatable bonds is 3. The van der Waals surface area contributed by atoms with Crippen LogP contribution in [0.2, 0.25) is 5.02 Å². The molecule has 0 bridgehead atoms. The van der Waals surface area contributed by atoms with Gasteiger partial charge in [-0.05, 0) is 60.4 Å². The number of nitrogens with zero attached hydrogens (tertiary/aromatic N) is 1. The topological polar surface area (TPSA) is 12.9 Å². The molecule has 1 saturated carbocycles. The first-order chi connectivity index (χ1) is 10.3. The fourth-order valence-corrected chi connectivity index (χ4v) is 4.04. The van der Waals surface area contributed by atoms with Gasteiger partial charge in [-0.3, -0.25) is 0 Å². The molecule has 0 amide bonds. The second-order valence-electron chi connectivity index (χ2n) is 5.70. The summed E-state index contributed by atoms with van der Waals surface area (Å²) in [5.41, 5.74) is 5.92. The minimum Gasteiger partial charge on any atom is -0.245 e. The van der Waals surface area contributed by atoms with E-state index in [2.05, 4.69) is 35.3 Å². The number of aromatic nitrogens is 1. The Labute approximate surface area is 133 Å². The standard InChI is InChI=1S/C18H15ClNS/c19-16-6-4-13(5-7-16)15-9-12(10-15)8-14-2-1-3-17-18(14)21-11-20-17/h1-7,11,15H,8-10H2. The molecule has 1 heterocycles. The van der Waals surface area contributed by atoms with E-state index in [0.717, 1.165) is 17.0 Å². The molecule has 105 valence electrons. The van der Waals surface area contributed by atoms with Crippen molar-refractivity contribution in [1.82, 2.24) is 4.98 Å². The average Bonchev–Trinajstić information content (AvgIpc) is 2.93. The zero-order chi connectivity index (χ0) is 14.2. The highest BCUT2D eigenvalue weighted by atomic mass is 35.5. The van der Waals surface area contributed by atoms with Crippen molar-refractivity contribution in [3.63, 3.8) is 0 Å². The van der Waals surface area contributed by atoms with Gasteiger partial charge in [0.05, 0.1) is 15.7 Å². The molecule has 0 saturated heterocycles. The van der Waals surface area contributed by atoms with E-state index >= 15 is 0 Å². The quantitative estimate of drug-likeness (QED) is 0.609. The first kappa shape index (κ1) is 13.3. The molecule has 0 aliphatic heterocycles. The number of halogens is 1. The number of benzene rings is 2. The average molecular weight is 313 g/mol. The Morgan fingerprint density at radius 2 is 1.90 bits per heavy atom. The normalized spacial score (nSPS) is 16.2. The summed E-state index contributed by atoms with van der Waals surface area (Å²) in [6.07, 6.45) is 3.51. The number of hydrogen-bond acceptors (Lipinski definition) is 2. The largest absolute Gasteiger partial charge is 0.245 e. The molecule has 1 aromatic heterocycles. The molecule has 0 atom stereocenters. The van der Waals surface area contributed by atoms with Crippen molar-refractivity contribution in [3.8, 4) is 0 Å². The lowest BCUT2D eigenvalue weighted by Crippen LogP contribution is -2.21. The molecule has 21 heavy (non-hydrogen) atoms. The van der Waals surface area contributed by atoms with Crippen molar-refractivity contribution in [1.29, 1.82) is 0 Å². The summed E-state index contributed by atoms with van der Waals surface area (Å²) in [5.74, 6) is 2.33. The Kier molecular flexibility index (Phi) is 3.44. The van der Waals surface area contributed by atoms with Gasteiger partial charge in [-0.1, -0.05) is 35.9 Å². The Balaban J connectivity index is 1.44. The fourth-order valence-electron chi connectivity index (χ4n) is 3.11. The van der Waals surface area contributed by atoms with E-state index in [-0.39, 0.29) is 0 Å². The third kappa shape index (κ3) is 2.58. The van der Waals surface area contributed by atoms with Crippen LogP contribution in [0.5, 0.6) is 0 Å². The molecule has 1 nitrogen and oxygen atoms in total. The Morgan fingerprint density at radius 3 is 2.71 bits per heavy atom. The Bertz CT molecular complexity index is 756. The van der Waals surface area contributed by atoms with E-state index in [9.17, 15) is 0 Å². The molecular formula is C18H15ClNS. The van der Waals surface area contributed by atoms with Gasteiger partial charge in [-0.25, -0.2) is 4.98 Å². The van der Waals surface area contributed by atoms with Crippen molar-refractivity contribution < 1.29 is 0 Å². The maximum absolute atomic E-state index is 5.95. The lowest BCUT2D eigenvalue weighted by molar-refractivity contribution is 0.447. The summed E-state index contributed by atoms with van der Waals surface area (Å²) < 4.78 is 1.35. The van der Waals surface area contributed by atoms with Crippen LogP contribution in [0.25, 0.3) is 10.2 Å². The van der Waals surface area contributed by atoms with Gasteiger partial charge >= 0.3 is 0 Å². The molecule has 0 N–H and O–H groups in total. The number of hydrogen-bond donors (Lipinski definition) is 0. The van der Waals surface area contributed by atoms with Crippen LogP contribution in [0.4, 0.5) is 0 Å². The van der Waals surface area contributed by atoms with E-state index < -0.39 is 0 Å². The van der Waals surface area contributed by atoms with Crippen LogP contribution < -0.4 is 0 Å². The van der Waals surface area contributed by atoms with Crippen molar-refractivity contribution in [2.45, 2.75) is 25.2 Å². The molecule has 3 aromatic rings. The zero-order valence-electron chi connectivity index (χ0n) is 11.6. The van der Waals surface area contributed by atoms with Crippen LogP contribution in [0.1, 0.15) is 29.9 Å². The molecule has 4 rings (SSSR count). The lowest BCUT2D eigenvalue weighted by atomic mass is 9.69. The predicted octanol–water partition coefficient (Wildman–Crippen LogP) is 5.64. The minimum absolute atomic E-state index is 0.679. The van der Waals surface area contributed by atoms with Crippen molar-refractivity contribution in [3.05, 3.63) is 70.0 Å². The molecule has 0 unspecified atom stereocenters. The smallest absolute Gasteiger partial charge is 0.0814 e.